The molecule has 0 aliphatic carbocycles. The van der Waals surface area contributed by atoms with Crippen molar-refractivity contribution in [3.05, 3.63) is 23.8 Å². The van der Waals surface area contributed by atoms with E-state index in [1.807, 2.05) is 4.90 Å². The fourth-order valence-corrected chi connectivity index (χ4v) is 2.60. The molecule has 0 atom stereocenters. The van der Waals surface area contributed by atoms with E-state index in [2.05, 4.69) is 12.4 Å². The predicted octanol–water partition coefficient (Wildman–Crippen LogP) is 1.02. The number of likely N-dealkylation sites (N-methyl/N-ethyl adjacent to an activating group) is 1. The van der Waals surface area contributed by atoms with Crippen LogP contribution in [0.4, 0.5) is 24.5 Å². The molecule has 0 spiro atoms. The number of nitrogens with zero attached hydrogens (tertiary/aromatic N) is 1. The average Bonchev–Trinajstić information content (AvgIpc) is 2.53. The van der Waals surface area contributed by atoms with Gasteiger partial charge >= 0.3 is 6.18 Å². The fraction of sp³-hybridized carbons (Fsp3) is 0.562. The lowest BCUT2D eigenvalue weighted by Crippen LogP contribution is -3.12. The van der Waals surface area contributed by atoms with Crippen LogP contribution in [-0.2, 0) is 15.7 Å². The molecule has 8 heteroatoms. The molecular formula is C16H23F3N3O2+. The summed E-state index contributed by atoms with van der Waals surface area (Å²) < 4.78 is 43.9. The van der Waals surface area contributed by atoms with Crippen LogP contribution in [0.1, 0.15) is 12.5 Å². The number of amides is 1. The molecule has 5 nitrogen and oxygen atoms in total. The highest BCUT2D eigenvalue weighted by molar-refractivity contribution is 5.95. The van der Waals surface area contributed by atoms with E-state index >= 15 is 0 Å². The van der Waals surface area contributed by atoms with E-state index in [9.17, 15) is 18.0 Å². The van der Waals surface area contributed by atoms with Crippen molar-refractivity contribution >= 4 is 17.3 Å². The first kappa shape index (κ1) is 18.5. The number of carbonyl (C=O) groups excluding carboxylic acids is 1. The number of anilines is 2. The second-order valence-corrected chi connectivity index (χ2v) is 5.86. The maximum Gasteiger partial charge on any atom is 0.416 e. The second kappa shape index (κ2) is 7.85. The molecule has 1 amide bonds. The van der Waals surface area contributed by atoms with Crippen LogP contribution in [0.3, 0.4) is 0 Å². The Balaban J connectivity index is 2.26. The molecule has 0 bridgehead atoms. The van der Waals surface area contributed by atoms with Gasteiger partial charge in [-0.25, -0.2) is 0 Å². The normalized spacial score (nSPS) is 16.3. The highest BCUT2D eigenvalue weighted by Gasteiger charge is 2.32. The minimum atomic E-state index is -4.45. The predicted molar refractivity (Wildman–Crippen MR) is 85.4 cm³/mol. The summed E-state index contributed by atoms with van der Waals surface area (Å²) in [6, 6.07) is 3.48. The molecule has 24 heavy (non-hydrogen) atoms. The first-order chi connectivity index (χ1) is 11.3. The number of piperazine rings is 1. The molecule has 1 aromatic carbocycles. The third-order valence-corrected chi connectivity index (χ3v) is 3.99. The average molecular weight is 346 g/mol. The largest absolute Gasteiger partial charge is 0.416 e. The molecule has 2 rings (SSSR count). The summed E-state index contributed by atoms with van der Waals surface area (Å²) in [5, 5.41) is 2.55. The number of alkyl halides is 3. The summed E-state index contributed by atoms with van der Waals surface area (Å²) in [6.45, 7) is 5.18. The summed E-state index contributed by atoms with van der Waals surface area (Å²) in [7, 11) is 2.08. The molecule has 1 aromatic rings. The molecule has 0 unspecified atom stereocenters. The minimum absolute atomic E-state index is 0.175. The van der Waals surface area contributed by atoms with E-state index in [1.165, 1.54) is 11.0 Å². The van der Waals surface area contributed by atoms with Gasteiger partial charge in [0.2, 0.25) is 5.91 Å². The van der Waals surface area contributed by atoms with Crippen LogP contribution in [0.25, 0.3) is 0 Å². The molecule has 1 aliphatic rings. The number of ether oxygens (including phenoxy) is 1. The summed E-state index contributed by atoms with van der Waals surface area (Å²) >= 11 is 0. The Kier molecular flexibility index (Phi) is 6.06. The maximum absolute atomic E-state index is 13.0. The number of halogens is 3. The summed E-state index contributed by atoms with van der Waals surface area (Å²) in [6.07, 6.45) is -4.45. The van der Waals surface area contributed by atoms with Crippen LogP contribution in [-0.4, -0.2) is 52.3 Å². The number of quaternary nitrogens is 1. The van der Waals surface area contributed by atoms with Gasteiger partial charge in [0.15, 0.2) is 0 Å². The van der Waals surface area contributed by atoms with Crippen LogP contribution in [0, 0.1) is 0 Å². The van der Waals surface area contributed by atoms with Crippen molar-refractivity contribution in [2.75, 3.05) is 56.7 Å². The first-order valence-corrected chi connectivity index (χ1v) is 7.96. The van der Waals surface area contributed by atoms with Crippen molar-refractivity contribution in [1.29, 1.82) is 0 Å². The maximum atomic E-state index is 13.0. The number of rotatable bonds is 5. The Morgan fingerprint density at radius 3 is 2.58 bits per heavy atom. The standard InChI is InChI=1S/C16H22F3N3O2/c1-3-24-11-15(23)20-13-10-12(16(17,18)19)4-5-14(13)22-8-6-21(2)7-9-22/h4-5,10H,3,6-9,11H2,1-2H3,(H,20,23)/p+1. The van der Waals surface area contributed by atoms with Crippen LogP contribution < -0.4 is 15.1 Å². The van der Waals surface area contributed by atoms with Gasteiger partial charge in [0, 0.05) is 6.61 Å². The SMILES string of the molecule is CCOCC(=O)Nc1cc(C(F)(F)F)ccc1N1CC[NH+](C)CC1. The number of benzene rings is 1. The zero-order valence-electron chi connectivity index (χ0n) is 13.9. The van der Waals surface area contributed by atoms with Crippen LogP contribution in [0.2, 0.25) is 0 Å². The van der Waals surface area contributed by atoms with E-state index < -0.39 is 17.6 Å². The zero-order chi connectivity index (χ0) is 17.7. The third-order valence-electron chi connectivity index (χ3n) is 3.99. The van der Waals surface area contributed by atoms with E-state index in [0.717, 1.165) is 38.3 Å². The van der Waals surface area contributed by atoms with Gasteiger partial charge in [0.05, 0.1) is 50.2 Å². The van der Waals surface area contributed by atoms with Crippen molar-refractivity contribution in [3.63, 3.8) is 0 Å². The van der Waals surface area contributed by atoms with Gasteiger partial charge in [0.1, 0.15) is 6.61 Å². The minimum Gasteiger partial charge on any atom is -0.372 e. The van der Waals surface area contributed by atoms with Gasteiger partial charge in [0.25, 0.3) is 0 Å². The lowest BCUT2D eigenvalue weighted by Gasteiger charge is -2.33. The quantitative estimate of drug-likeness (QED) is 0.837. The van der Waals surface area contributed by atoms with Crippen LogP contribution >= 0.6 is 0 Å². The molecular weight excluding hydrogens is 323 g/mol. The topological polar surface area (TPSA) is 46.0 Å². The molecule has 0 radical (unpaired) electrons. The van der Waals surface area contributed by atoms with Gasteiger partial charge in [-0.05, 0) is 25.1 Å². The molecule has 0 saturated carbocycles. The highest BCUT2D eigenvalue weighted by Crippen LogP contribution is 2.35. The van der Waals surface area contributed by atoms with Crippen LogP contribution in [0.15, 0.2) is 18.2 Å². The van der Waals surface area contributed by atoms with E-state index in [1.54, 1.807) is 6.92 Å². The molecule has 0 aromatic heterocycles. The smallest absolute Gasteiger partial charge is 0.372 e. The second-order valence-electron chi connectivity index (χ2n) is 5.86. The van der Waals surface area contributed by atoms with E-state index in [0.29, 0.717) is 12.3 Å². The van der Waals surface area contributed by atoms with Gasteiger partial charge in [-0.3, -0.25) is 4.79 Å². The number of hydrogen-bond acceptors (Lipinski definition) is 3. The third kappa shape index (κ3) is 4.85. The summed E-state index contributed by atoms with van der Waals surface area (Å²) in [5.74, 6) is -0.461. The van der Waals surface area contributed by atoms with Crippen molar-refractivity contribution in [1.82, 2.24) is 0 Å². The lowest BCUT2D eigenvalue weighted by atomic mass is 10.1. The van der Waals surface area contributed by atoms with Gasteiger partial charge in [-0.1, -0.05) is 0 Å². The molecule has 2 N–H and O–H groups in total. The molecule has 1 heterocycles. The first-order valence-electron chi connectivity index (χ1n) is 7.96. The Morgan fingerprint density at radius 2 is 2.00 bits per heavy atom. The molecule has 1 aliphatic heterocycles. The molecule has 1 fully saturated rings. The van der Waals surface area contributed by atoms with Crippen molar-refractivity contribution in [2.45, 2.75) is 13.1 Å². The number of nitrogens with one attached hydrogen (secondary N) is 2. The summed E-state index contributed by atoms with van der Waals surface area (Å²) in [4.78, 5) is 15.3. The Bertz CT molecular complexity index is 570. The molecule has 1 saturated heterocycles. The lowest BCUT2D eigenvalue weighted by molar-refractivity contribution is -0.880. The zero-order valence-corrected chi connectivity index (χ0v) is 13.9. The molecule has 134 valence electrons. The van der Waals surface area contributed by atoms with Crippen molar-refractivity contribution in [2.24, 2.45) is 0 Å². The highest BCUT2D eigenvalue weighted by atomic mass is 19.4. The van der Waals surface area contributed by atoms with Gasteiger partial charge in [-0.15, -0.1) is 0 Å². The Morgan fingerprint density at radius 1 is 1.33 bits per heavy atom. The monoisotopic (exact) mass is 346 g/mol. The Labute approximate surface area is 139 Å². The van der Waals surface area contributed by atoms with E-state index in [4.69, 9.17) is 4.74 Å². The van der Waals surface area contributed by atoms with Crippen molar-refractivity contribution < 1.29 is 27.6 Å². The van der Waals surface area contributed by atoms with Crippen LogP contribution in [0.5, 0.6) is 0 Å². The fourth-order valence-electron chi connectivity index (χ4n) is 2.60. The van der Waals surface area contributed by atoms with Gasteiger partial charge in [-0.2, -0.15) is 13.2 Å². The van der Waals surface area contributed by atoms with Gasteiger partial charge < -0.3 is 19.9 Å². The Hall–Kier alpha value is -1.80. The number of hydrogen-bond donors (Lipinski definition) is 2. The van der Waals surface area contributed by atoms with E-state index in [-0.39, 0.29) is 12.3 Å². The number of carbonyl (C=O) groups is 1. The van der Waals surface area contributed by atoms with Crippen molar-refractivity contribution in [3.8, 4) is 0 Å². The summed E-state index contributed by atoms with van der Waals surface area (Å²) in [5.41, 5.74) is 0.00661.